The molecule has 3 saturated heterocycles. The van der Waals surface area contributed by atoms with Crippen LogP contribution in [0, 0.1) is 20.8 Å². The molecule has 10 rings (SSSR count). The van der Waals surface area contributed by atoms with E-state index in [1.165, 1.54) is 14.8 Å². The van der Waals surface area contributed by atoms with E-state index in [-0.39, 0.29) is 55.5 Å². The summed E-state index contributed by atoms with van der Waals surface area (Å²) >= 11 is -0.211. The van der Waals surface area contributed by atoms with Crippen molar-refractivity contribution in [2.24, 2.45) is 0 Å². The molecule has 0 aliphatic carbocycles. The molecule has 3 heterocycles. The van der Waals surface area contributed by atoms with E-state index in [0.29, 0.717) is 65.1 Å². The van der Waals surface area contributed by atoms with Crippen LogP contribution < -0.4 is 19.6 Å². The maximum absolute atomic E-state index is 14.1. The molecule has 7 aromatic carbocycles. The van der Waals surface area contributed by atoms with Crippen LogP contribution in [-0.2, 0) is 66.3 Å². The monoisotopic (exact) mass is 1260 g/mol. The van der Waals surface area contributed by atoms with Gasteiger partial charge in [-0.15, -0.1) is 0 Å². The van der Waals surface area contributed by atoms with Gasteiger partial charge in [0.25, 0.3) is 0 Å². The molecule has 0 aromatic heterocycles. The fourth-order valence-corrected chi connectivity index (χ4v) is 20.3. The van der Waals surface area contributed by atoms with Gasteiger partial charge in [-0.25, -0.2) is 0 Å². The molecule has 3 fully saturated rings. The van der Waals surface area contributed by atoms with Crippen LogP contribution in [0.3, 0.4) is 0 Å². The van der Waals surface area contributed by atoms with Crippen LogP contribution in [0.2, 0.25) is 5.04 Å². The van der Waals surface area contributed by atoms with Crippen LogP contribution in [0.25, 0.3) is 0 Å². The first-order chi connectivity index (χ1) is 41.8. The number of aryl methyl sites for hydroxylation is 3. The Balaban J connectivity index is 0.970. The van der Waals surface area contributed by atoms with Crippen molar-refractivity contribution >= 4 is 48.9 Å². The molecule has 1 unspecified atom stereocenters. The molecule has 0 amide bonds. The molecule has 11 nitrogen and oxygen atoms in total. The van der Waals surface area contributed by atoms with Crippen LogP contribution >= 0.6 is 0 Å². The first-order valence-electron chi connectivity index (χ1n) is 30.3. The van der Waals surface area contributed by atoms with E-state index in [9.17, 15) is 4.21 Å². The summed E-state index contributed by atoms with van der Waals surface area (Å²) < 4.78 is 84.2. The number of methoxy groups -OCH3 is 1. The standard InChI is InChI=1S/C72H84O11SSeSi/c1-51-43-52(2)70(53(3)44-51)84(73)42-41-76-64-45-63(77-49-55-25-15-9-16-26-55)61(37-39-75-48-54-23-13-8-14-24-54)80-67(64)47-69(85-58-27-17-10-18-28-58)82-65-46-66-68(50-78-71(83-66)56-33-35-57(74-7)36-34-56)81-62(65)38-40-79-86(72(4,5)6,59-29-19-11-20-30-59)60-31-21-12-22-32-60/h8-36,41-44,61-69,71H,37-40,45-50H2,1-7H3/b42-41-/t61-,62-,63+,64-,65+,66-,67+,68+,69?,71+,84+/m0/s1. The van der Waals surface area contributed by atoms with Crippen molar-refractivity contribution in [2.75, 3.05) is 26.9 Å². The Hall–Kier alpha value is -5.55. The number of rotatable bonds is 26. The number of fused-ring (bicyclic) bond motifs is 1. The quantitative estimate of drug-likeness (QED) is 0.0294. The van der Waals surface area contributed by atoms with E-state index < -0.39 is 43.7 Å². The average molecular weight is 1260 g/mol. The van der Waals surface area contributed by atoms with E-state index in [2.05, 4.69) is 155 Å². The van der Waals surface area contributed by atoms with E-state index in [0.717, 1.165) is 44.0 Å². The summed E-state index contributed by atoms with van der Waals surface area (Å²) in [6.45, 7) is 15.2. The summed E-state index contributed by atoms with van der Waals surface area (Å²) in [6.07, 6.45) is 0.713. The average Bonchev–Trinajstić information content (AvgIpc) is 2.10. The summed E-state index contributed by atoms with van der Waals surface area (Å²) in [5, 5.41) is 3.57. The van der Waals surface area contributed by atoms with E-state index in [1.54, 1.807) is 18.8 Å². The zero-order chi connectivity index (χ0) is 59.9. The summed E-state index contributed by atoms with van der Waals surface area (Å²) in [5.41, 5.74) is 6.17. The Labute approximate surface area is 519 Å². The topological polar surface area (TPSA) is 109 Å². The Bertz CT molecular complexity index is 3170. The SMILES string of the molecule is COc1ccc([C@@H]2OC[C@H]3O[C@@H](CCO[Si](c4ccccc4)(c4ccccc4)C(C)(C)C)[C@H](OC(C[C@H]4O[C@@H](CCOCc5ccccc5)[C@H](OCc5ccccc5)C[C@@H]4O/C=C\[S@@](=O)c4c(C)cc(C)cc4C)[Se]c4ccccc4)C[C@@H]3O2)cc1. The predicted molar refractivity (Wildman–Crippen MR) is 343 cm³/mol. The Kier molecular flexibility index (Phi) is 22.6. The van der Waals surface area contributed by atoms with Crippen molar-refractivity contribution < 1.29 is 51.3 Å². The van der Waals surface area contributed by atoms with Crippen LogP contribution in [-0.4, -0.2) is 108 Å². The number of hydrogen-bond acceptors (Lipinski definition) is 11. The minimum absolute atomic E-state index is 0.211. The van der Waals surface area contributed by atoms with Gasteiger partial charge in [0, 0.05) is 0 Å². The second-order valence-electron chi connectivity index (χ2n) is 23.7. The maximum atomic E-state index is 14.1. The van der Waals surface area contributed by atoms with Gasteiger partial charge in [0.05, 0.1) is 7.11 Å². The second kappa shape index (κ2) is 30.6. The van der Waals surface area contributed by atoms with Crippen LogP contribution in [0.5, 0.6) is 5.75 Å². The fraction of sp³-hybridized carbons (Fsp3) is 0.389. The molecule has 0 spiro atoms. The fourth-order valence-electron chi connectivity index (χ4n) is 12.4. The molecule has 0 radical (unpaired) electrons. The van der Waals surface area contributed by atoms with Gasteiger partial charge in [0.2, 0.25) is 0 Å². The van der Waals surface area contributed by atoms with E-state index in [4.69, 9.17) is 47.1 Å². The summed E-state index contributed by atoms with van der Waals surface area (Å²) in [7, 11) is -2.70. The van der Waals surface area contributed by atoms with Crippen molar-refractivity contribution in [3.8, 4) is 5.75 Å². The normalized spacial score (nSPS) is 23.3. The molecule has 3 aliphatic rings. The second-order valence-corrected chi connectivity index (χ2v) is 31.9. The summed E-state index contributed by atoms with van der Waals surface area (Å²) in [4.78, 5) is 0.790. The van der Waals surface area contributed by atoms with Gasteiger partial charge in [-0.05, 0) is 6.92 Å². The first kappa shape index (κ1) is 63.5. The summed E-state index contributed by atoms with van der Waals surface area (Å²) in [5.74, 6) is 0.761. The molecule has 0 saturated carbocycles. The molecular weight excluding hydrogens is 1180 g/mol. The summed E-state index contributed by atoms with van der Waals surface area (Å²) in [6, 6.07) is 64.6. The van der Waals surface area contributed by atoms with Crippen molar-refractivity contribution in [3.05, 3.63) is 233 Å². The predicted octanol–water partition coefficient (Wildman–Crippen LogP) is 12.3. The Morgan fingerprint density at radius 1 is 0.640 bits per heavy atom. The number of benzene rings is 7. The zero-order valence-electron chi connectivity index (χ0n) is 50.7. The third kappa shape index (κ3) is 16.4. The van der Waals surface area contributed by atoms with Gasteiger partial charge in [0.15, 0.2) is 0 Å². The molecule has 0 bridgehead atoms. The molecular formula is C72H84O11SSeSi. The van der Waals surface area contributed by atoms with Gasteiger partial charge in [-0.1, -0.05) is 6.07 Å². The molecule has 7 aromatic rings. The third-order valence-electron chi connectivity index (χ3n) is 16.5. The number of hydrogen-bond donors (Lipinski definition) is 0. The van der Waals surface area contributed by atoms with Gasteiger partial charge in [-0.3, -0.25) is 0 Å². The minimum atomic E-state index is -2.90. The number of ether oxygens (including phenoxy) is 9. The molecule has 3 aliphatic heterocycles. The van der Waals surface area contributed by atoms with Gasteiger partial charge < -0.3 is 0 Å². The van der Waals surface area contributed by atoms with Crippen LogP contribution in [0.4, 0.5) is 0 Å². The van der Waals surface area contributed by atoms with Crippen LogP contribution in [0.15, 0.2) is 205 Å². The third-order valence-corrected chi connectivity index (χ3v) is 25.3. The van der Waals surface area contributed by atoms with Crippen molar-refractivity contribution in [3.63, 3.8) is 0 Å². The van der Waals surface area contributed by atoms with E-state index >= 15 is 0 Å². The molecule has 454 valence electrons. The molecule has 0 N–H and O–H groups in total. The van der Waals surface area contributed by atoms with Gasteiger partial charge in [-0.2, -0.15) is 0 Å². The molecule has 14 heteroatoms. The van der Waals surface area contributed by atoms with Crippen molar-refractivity contribution in [1.82, 2.24) is 0 Å². The van der Waals surface area contributed by atoms with Gasteiger partial charge in [0.1, 0.15) is 0 Å². The van der Waals surface area contributed by atoms with Gasteiger partial charge >= 0.3 is 503 Å². The Morgan fingerprint density at radius 2 is 1.22 bits per heavy atom. The molecule has 11 atom stereocenters. The van der Waals surface area contributed by atoms with E-state index in [1.807, 2.05) is 74.5 Å². The van der Waals surface area contributed by atoms with Crippen molar-refractivity contribution in [2.45, 2.75) is 157 Å². The van der Waals surface area contributed by atoms with Crippen LogP contribution in [0.1, 0.15) is 92.5 Å². The first-order valence-corrected chi connectivity index (χ1v) is 35.2. The zero-order valence-corrected chi connectivity index (χ0v) is 54.2. The van der Waals surface area contributed by atoms with Crippen molar-refractivity contribution in [1.29, 1.82) is 0 Å². The molecule has 86 heavy (non-hydrogen) atoms. The Morgan fingerprint density at radius 3 is 1.84 bits per heavy atom.